The van der Waals surface area contributed by atoms with Gasteiger partial charge in [0.1, 0.15) is 11.9 Å². The topological polar surface area (TPSA) is 87.6 Å². The molecule has 0 amide bonds. The van der Waals surface area contributed by atoms with Gasteiger partial charge in [-0.25, -0.2) is 4.98 Å². The maximum absolute atomic E-state index is 12.9. The minimum absolute atomic E-state index is 0.0317. The van der Waals surface area contributed by atoms with Crippen LogP contribution in [-0.2, 0) is 13.0 Å². The van der Waals surface area contributed by atoms with E-state index < -0.39 is 6.10 Å². The molecule has 1 atom stereocenters. The molecule has 4 heterocycles. The van der Waals surface area contributed by atoms with Crippen LogP contribution in [0.3, 0.4) is 0 Å². The van der Waals surface area contributed by atoms with Crippen LogP contribution in [0, 0.1) is 13.8 Å². The number of aliphatic hydroxyl groups excluding tert-OH is 1. The van der Waals surface area contributed by atoms with Gasteiger partial charge in [0.05, 0.1) is 5.39 Å². The van der Waals surface area contributed by atoms with Crippen molar-refractivity contribution in [2.24, 2.45) is 0 Å². The summed E-state index contributed by atoms with van der Waals surface area (Å²) in [5, 5.41) is 15.6. The minimum atomic E-state index is -0.619. The molecule has 2 aromatic heterocycles. The number of benzene rings is 1. The number of hydrogen-bond acceptors (Lipinski definition) is 7. The minimum Gasteiger partial charge on any atom is -0.385 e. The second-order valence-electron chi connectivity index (χ2n) is 9.09. The molecule has 1 fully saturated rings. The smallest absolute Gasteiger partial charge is 0.257 e. The van der Waals surface area contributed by atoms with E-state index in [0.29, 0.717) is 18.8 Å². The summed E-state index contributed by atoms with van der Waals surface area (Å²) in [5.41, 5.74) is 3.61. The number of anilines is 1. The lowest BCUT2D eigenvalue weighted by atomic mass is 10.1. The van der Waals surface area contributed by atoms with Crippen LogP contribution in [0.4, 0.5) is 5.82 Å². The van der Waals surface area contributed by atoms with Crippen molar-refractivity contribution in [2.45, 2.75) is 52.2 Å². The zero-order valence-electron chi connectivity index (χ0n) is 18.9. The third-order valence-electron chi connectivity index (χ3n) is 6.84. The Morgan fingerprint density at radius 1 is 1.16 bits per heavy atom. The monoisotopic (exact) mass is 437 g/mol. The molecular weight excluding hydrogens is 406 g/mol. The van der Waals surface area contributed by atoms with Gasteiger partial charge in [-0.05, 0) is 63.8 Å². The fourth-order valence-corrected chi connectivity index (χ4v) is 4.97. The summed E-state index contributed by atoms with van der Waals surface area (Å²) in [5.74, 6) is 1.47. The van der Waals surface area contributed by atoms with Crippen molar-refractivity contribution in [3.05, 3.63) is 51.2 Å². The van der Waals surface area contributed by atoms with Crippen LogP contribution >= 0.6 is 0 Å². The van der Waals surface area contributed by atoms with Crippen LogP contribution < -0.4 is 10.5 Å². The molecule has 0 bridgehead atoms. The largest absolute Gasteiger partial charge is 0.385 e. The highest BCUT2D eigenvalue weighted by molar-refractivity contribution is 5.89. The van der Waals surface area contributed by atoms with E-state index >= 15 is 0 Å². The SMILES string of the molecule is Cc1ccc2c(N3CCN(CCCc4c(C)nc5n(c4=O)CCCC5O)CC3)noc2c1. The average molecular weight is 438 g/mol. The van der Waals surface area contributed by atoms with Crippen molar-refractivity contribution in [2.75, 3.05) is 37.6 Å². The Morgan fingerprint density at radius 3 is 2.78 bits per heavy atom. The zero-order chi connectivity index (χ0) is 22.2. The van der Waals surface area contributed by atoms with Crippen molar-refractivity contribution in [1.82, 2.24) is 19.6 Å². The normalized spacial score (nSPS) is 19.5. The summed E-state index contributed by atoms with van der Waals surface area (Å²) in [6.45, 7) is 9.31. The van der Waals surface area contributed by atoms with Gasteiger partial charge in [-0.3, -0.25) is 14.3 Å². The van der Waals surface area contributed by atoms with E-state index in [0.717, 1.165) is 80.0 Å². The highest BCUT2D eigenvalue weighted by atomic mass is 16.5. The Morgan fingerprint density at radius 2 is 1.97 bits per heavy atom. The van der Waals surface area contributed by atoms with Gasteiger partial charge in [-0.2, -0.15) is 0 Å². The van der Waals surface area contributed by atoms with Crippen LogP contribution in [0.25, 0.3) is 11.0 Å². The van der Waals surface area contributed by atoms with Gasteiger partial charge in [0.15, 0.2) is 11.4 Å². The third-order valence-corrected chi connectivity index (χ3v) is 6.84. The number of aryl methyl sites for hydroxylation is 2. The molecule has 2 aliphatic rings. The molecule has 8 heteroatoms. The average Bonchev–Trinajstić information content (AvgIpc) is 3.20. The summed E-state index contributed by atoms with van der Waals surface area (Å²) in [4.78, 5) is 22.3. The predicted molar refractivity (Wildman–Crippen MR) is 123 cm³/mol. The first kappa shape index (κ1) is 21.2. The second-order valence-corrected chi connectivity index (χ2v) is 9.09. The third kappa shape index (κ3) is 3.93. The first-order valence-corrected chi connectivity index (χ1v) is 11.6. The fraction of sp³-hybridized carbons (Fsp3) is 0.542. The molecule has 3 aromatic rings. The molecule has 0 saturated carbocycles. The molecule has 1 N–H and O–H groups in total. The molecule has 5 rings (SSSR count). The van der Waals surface area contributed by atoms with Crippen molar-refractivity contribution in [3.8, 4) is 0 Å². The van der Waals surface area contributed by atoms with Gasteiger partial charge in [0.2, 0.25) is 0 Å². The number of hydrogen-bond donors (Lipinski definition) is 1. The molecule has 170 valence electrons. The Kier molecular flexibility index (Phi) is 5.73. The number of aromatic nitrogens is 3. The molecule has 2 aliphatic heterocycles. The number of aliphatic hydroxyl groups is 1. The quantitative estimate of drug-likeness (QED) is 0.656. The summed E-state index contributed by atoms with van der Waals surface area (Å²) in [7, 11) is 0. The predicted octanol–water partition coefficient (Wildman–Crippen LogP) is 2.58. The summed E-state index contributed by atoms with van der Waals surface area (Å²) in [6.07, 6.45) is 2.53. The molecule has 32 heavy (non-hydrogen) atoms. The maximum Gasteiger partial charge on any atom is 0.257 e. The maximum atomic E-state index is 12.9. The first-order chi connectivity index (χ1) is 15.5. The van der Waals surface area contributed by atoms with E-state index in [1.807, 2.05) is 13.0 Å². The lowest BCUT2D eigenvalue weighted by molar-refractivity contribution is 0.129. The highest BCUT2D eigenvalue weighted by Gasteiger charge is 2.24. The molecule has 1 saturated heterocycles. The lowest BCUT2D eigenvalue weighted by Gasteiger charge is -2.34. The van der Waals surface area contributed by atoms with E-state index in [1.165, 1.54) is 5.56 Å². The Hall–Kier alpha value is -2.71. The Labute approximate surface area is 187 Å². The standard InChI is InChI=1S/C24H31N5O3/c1-16-7-8-19-21(15-16)32-26-22(19)28-13-11-27(12-14-28)9-3-5-18-17(2)25-23-20(30)6-4-10-29(23)24(18)31/h7-8,15,20,30H,3-6,9-14H2,1-2H3. The highest BCUT2D eigenvalue weighted by Crippen LogP contribution is 2.27. The molecule has 0 aliphatic carbocycles. The lowest BCUT2D eigenvalue weighted by Crippen LogP contribution is -2.47. The van der Waals surface area contributed by atoms with Gasteiger partial charge < -0.3 is 14.5 Å². The molecule has 0 spiro atoms. The summed E-state index contributed by atoms with van der Waals surface area (Å²) >= 11 is 0. The van der Waals surface area contributed by atoms with E-state index in [2.05, 4.69) is 39.0 Å². The number of rotatable bonds is 5. The van der Waals surface area contributed by atoms with Crippen LogP contribution in [0.15, 0.2) is 27.5 Å². The van der Waals surface area contributed by atoms with Gasteiger partial charge in [0.25, 0.3) is 5.56 Å². The summed E-state index contributed by atoms with van der Waals surface area (Å²) < 4.78 is 7.21. The van der Waals surface area contributed by atoms with Crippen molar-refractivity contribution < 1.29 is 9.63 Å². The summed E-state index contributed by atoms with van der Waals surface area (Å²) in [6, 6.07) is 6.22. The van der Waals surface area contributed by atoms with Crippen molar-refractivity contribution in [1.29, 1.82) is 0 Å². The van der Waals surface area contributed by atoms with Crippen LogP contribution in [0.5, 0.6) is 0 Å². The Bertz CT molecular complexity index is 1180. The number of nitrogens with zero attached hydrogens (tertiary/aromatic N) is 5. The number of fused-ring (bicyclic) bond motifs is 2. The molecule has 0 radical (unpaired) electrons. The van der Waals surface area contributed by atoms with E-state index in [4.69, 9.17) is 4.52 Å². The van der Waals surface area contributed by atoms with Crippen LogP contribution in [-0.4, -0.2) is 57.4 Å². The first-order valence-electron chi connectivity index (χ1n) is 11.6. The van der Waals surface area contributed by atoms with Crippen LogP contribution in [0.1, 0.15) is 48.0 Å². The molecule has 1 aromatic carbocycles. The van der Waals surface area contributed by atoms with Gasteiger partial charge in [-0.1, -0.05) is 11.2 Å². The second kappa shape index (κ2) is 8.67. The molecular formula is C24H31N5O3. The zero-order valence-corrected chi connectivity index (χ0v) is 18.9. The Balaban J connectivity index is 1.18. The van der Waals surface area contributed by atoms with Crippen molar-refractivity contribution in [3.63, 3.8) is 0 Å². The van der Waals surface area contributed by atoms with Gasteiger partial charge in [0, 0.05) is 44.0 Å². The van der Waals surface area contributed by atoms with Crippen molar-refractivity contribution >= 4 is 16.8 Å². The van der Waals surface area contributed by atoms with Crippen LogP contribution in [0.2, 0.25) is 0 Å². The molecule has 1 unspecified atom stereocenters. The van der Waals surface area contributed by atoms with E-state index in [9.17, 15) is 9.90 Å². The fourth-order valence-electron chi connectivity index (χ4n) is 4.97. The number of piperazine rings is 1. The molecule has 8 nitrogen and oxygen atoms in total. The van der Waals surface area contributed by atoms with E-state index in [1.54, 1.807) is 4.57 Å². The van der Waals surface area contributed by atoms with Gasteiger partial charge >= 0.3 is 0 Å². The van der Waals surface area contributed by atoms with E-state index in [-0.39, 0.29) is 5.56 Å². The van der Waals surface area contributed by atoms with Gasteiger partial charge in [-0.15, -0.1) is 0 Å².